The molecule has 2 atom stereocenters. The molecule has 1 fully saturated rings. The lowest BCUT2D eigenvalue weighted by Crippen LogP contribution is -2.25. The molecule has 1 aliphatic rings. The van der Waals surface area contributed by atoms with E-state index in [4.69, 9.17) is 4.74 Å². The number of carbonyl (C=O) groups is 1. The van der Waals surface area contributed by atoms with Crippen LogP contribution in [-0.4, -0.2) is 12.6 Å². The number of carbonyl (C=O) groups excluding carboxylic acids is 1. The van der Waals surface area contributed by atoms with Gasteiger partial charge in [0.05, 0.1) is 12.5 Å². The Bertz CT molecular complexity index is 354. The van der Waals surface area contributed by atoms with Crippen molar-refractivity contribution in [3.05, 3.63) is 22.4 Å². The van der Waals surface area contributed by atoms with E-state index < -0.39 is 0 Å². The molecule has 3 heteroatoms. The molecule has 0 aromatic carbocycles. The van der Waals surface area contributed by atoms with Gasteiger partial charge in [-0.15, -0.1) is 11.3 Å². The zero-order valence-corrected chi connectivity index (χ0v) is 11.3. The minimum atomic E-state index is -0.122. The van der Waals surface area contributed by atoms with Gasteiger partial charge >= 0.3 is 5.97 Å². The molecule has 1 aliphatic carbocycles. The molecule has 1 saturated carbocycles. The second-order valence-corrected chi connectivity index (χ2v) is 6.01. The molecule has 0 aliphatic heterocycles. The Kier molecular flexibility index (Phi) is 4.21. The topological polar surface area (TPSA) is 26.3 Å². The van der Waals surface area contributed by atoms with Crippen LogP contribution in [0.1, 0.15) is 43.9 Å². The number of rotatable bonds is 5. The highest BCUT2D eigenvalue weighted by molar-refractivity contribution is 7.10. The van der Waals surface area contributed by atoms with Crippen molar-refractivity contribution in [2.45, 2.75) is 39.0 Å². The lowest BCUT2D eigenvalue weighted by Gasteiger charge is -2.31. The van der Waals surface area contributed by atoms with Crippen LogP contribution in [0.15, 0.2) is 17.5 Å². The van der Waals surface area contributed by atoms with E-state index in [1.54, 1.807) is 11.3 Å². The fourth-order valence-corrected chi connectivity index (χ4v) is 2.91. The first kappa shape index (κ1) is 12.6. The second-order valence-electron chi connectivity index (χ2n) is 5.04. The third kappa shape index (κ3) is 3.09. The third-order valence-corrected chi connectivity index (χ3v) is 4.82. The van der Waals surface area contributed by atoms with Gasteiger partial charge in [0.25, 0.3) is 0 Å². The van der Waals surface area contributed by atoms with Crippen LogP contribution in [-0.2, 0) is 9.53 Å². The summed E-state index contributed by atoms with van der Waals surface area (Å²) in [6.45, 7) is 4.69. The first-order valence-corrected chi connectivity index (χ1v) is 7.26. The molecule has 0 N–H and O–H groups in total. The van der Waals surface area contributed by atoms with E-state index in [2.05, 4.69) is 6.92 Å². The highest BCUT2D eigenvalue weighted by Crippen LogP contribution is 2.33. The summed E-state index contributed by atoms with van der Waals surface area (Å²) >= 11 is 1.61. The molecule has 0 spiro atoms. The molecule has 0 amide bonds. The minimum absolute atomic E-state index is 0.0846. The summed E-state index contributed by atoms with van der Waals surface area (Å²) < 4.78 is 5.41. The molecule has 0 bridgehead atoms. The van der Waals surface area contributed by atoms with E-state index in [-0.39, 0.29) is 11.9 Å². The van der Waals surface area contributed by atoms with E-state index in [9.17, 15) is 4.79 Å². The highest BCUT2D eigenvalue weighted by Gasteiger charge is 2.26. The summed E-state index contributed by atoms with van der Waals surface area (Å²) in [4.78, 5) is 12.9. The molecule has 17 heavy (non-hydrogen) atoms. The van der Waals surface area contributed by atoms with Gasteiger partial charge in [0.1, 0.15) is 0 Å². The quantitative estimate of drug-likeness (QED) is 0.744. The number of hydrogen-bond donors (Lipinski definition) is 0. The van der Waals surface area contributed by atoms with Gasteiger partial charge in [-0.1, -0.05) is 32.3 Å². The molecule has 2 unspecified atom stereocenters. The van der Waals surface area contributed by atoms with Crippen molar-refractivity contribution in [1.82, 2.24) is 0 Å². The van der Waals surface area contributed by atoms with Crippen LogP contribution in [0.2, 0.25) is 0 Å². The molecule has 0 saturated heterocycles. The van der Waals surface area contributed by atoms with E-state index in [1.165, 1.54) is 19.3 Å². The number of esters is 1. The van der Waals surface area contributed by atoms with Crippen LogP contribution in [0, 0.1) is 11.8 Å². The first-order valence-electron chi connectivity index (χ1n) is 6.38. The second kappa shape index (κ2) is 5.67. The van der Waals surface area contributed by atoms with Crippen LogP contribution in [0.25, 0.3) is 0 Å². The van der Waals surface area contributed by atoms with Gasteiger partial charge in [-0.25, -0.2) is 0 Å². The minimum Gasteiger partial charge on any atom is -0.465 e. The predicted molar refractivity (Wildman–Crippen MR) is 70.2 cm³/mol. The van der Waals surface area contributed by atoms with Gasteiger partial charge in [0.2, 0.25) is 0 Å². The Balaban J connectivity index is 1.76. The van der Waals surface area contributed by atoms with Gasteiger partial charge in [-0.3, -0.25) is 4.79 Å². The number of thiophene rings is 1. The summed E-state index contributed by atoms with van der Waals surface area (Å²) in [5.41, 5.74) is 0. The average Bonchev–Trinajstić information content (AvgIpc) is 2.75. The third-order valence-electron chi connectivity index (χ3n) is 3.77. The van der Waals surface area contributed by atoms with Gasteiger partial charge in [-0.2, -0.15) is 0 Å². The summed E-state index contributed by atoms with van der Waals surface area (Å²) in [5.74, 6) is 1.09. The molecule has 2 rings (SSSR count). The zero-order valence-electron chi connectivity index (χ0n) is 10.5. The predicted octanol–water partition coefficient (Wildman–Crippen LogP) is 3.83. The monoisotopic (exact) mass is 252 g/mol. The SMILES string of the molecule is CC(C(=O)OCC(C)C1CCC1)c1cccs1. The molecular formula is C14H20O2S. The molecule has 0 radical (unpaired) electrons. The van der Waals surface area contributed by atoms with Crippen LogP contribution in [0.3, 0.4) is 0 Å². The van der Waals surface area contributed by atoms with Gasteiger partial charge < -0.3 is 4.74 Å². The maximum atomic E-state index is 11.9. The molecule has 1 aromatic rings. The molecular weight excluding hydrogens is 232 g/mol. The van der Waals surface area contributed by atoms with E-state index in [0.29, 0.717) is 12.5 Å². The maximum absolute atomic E-state index is 11.9. The normalized spacial score (nSPS) is 19.4. The summed E-state index contributed by atoms with van der Waals surface area (Å²) in [5, 5.41) is 2.00. The van der Waals surface area contributed by atoms with Crippen molar-refractivity contribution in [2.75, 3.05) is 6.61 Å². The fourth-order valence-electron chi connectivity index (χ4n) is 2.14. The van der Waals surface area contributed by atoms with Crippen molar-refractivity contribution in [3.63, 3.8) is 0 Å². The maximum Gasteiger partial charge on any atom is 0.313 e. The Labute approximate surface area is 107 Å². The van der Waals surface area contributed by atoms with Crippen molar-refractivity contribution in [1.29, 1.82) is 0 Å². The summed E-state index contributed by atoms with van der Waals surface area (Å²) in [7, 11) is 0. The average molecular weight is 252 g/mol. The standard InChI is InChI=1S/C14H20O2S/c1-10(12-5-3-6-12)9-16-14(15)11(2)13-7-4-8-17-13/h4,7-8,10-12H,3,5-6,9H2,1-2H3. The van der Waals surface area contributed by atoms with Crippen LogP contribution in [0.5, 0.6) is 0 Å². The van der Waals surface area contributed by atoms with Crippen molar-refractivity contribution in [2.24, 2.45) is 11.8 Å². The number of hydrogen-bond acceptors (Lipinski definition) is 3. The van der Waals surface area contributed by atoms with Crippen molar-refractivity contribution in [3.8, 4) is 0 Å². The Morgan fingerprint density at radius 1 is 1.53 bits per heavy atom. The smallest absolute Gasteiger partial charge is 0.313 e. The Morgan fingerprint density at radius 3 is 2.82 bits per heavy atom. The lowest BCUT2D eigenvalue weighted by molar-refractivity contribution is -0.147. The van der Waals surface area contributed by atoms with Gasteiger partial charge in [0, 0.05) is 4.88 Å². The summed E-state index contributed by atoms with van der Waals surface area (Å²) in [6, 6.07) is 3.96. The Morgan fingerprint density at radius 2 is 2.29 bits per heavy atom. The van der Waals surface area contributed by atoms with Crippen molar-refractivity contribution < 1.29 is 9.53 Å². The molecule has 2 nitrogen and oxygen atoms in total. The van der Waals surface area contributed by atoms with Gasteiger partial charge in [0.15, 0.2) is 0 Å². The van der Waals surface area contributed by atoms with Crippen molar-refractivity contribution >= 4 is 17.3 Å². The molecule has 94 valence electrons. The van der Waals surface area contributed by atoms with Crippen LogP contribution < -0.4 is 0 Å². The van der Waals surface area contributed by atoms with Gasteiger partial charge in [-0.05, 0) is 30.2 Å². The molecule has 1 aromatic heterocycles. The van der Waals surface area contributed by atoms with E-state index in [1.807, 2.05) is 24.4 Å². The fraction of sp³-hybridized carbons (Fsp3) is 0.643. The Hall–Kier alpha value is -0.830. The lowest BCUT2D eigenvalue weighted by atomic mass is 9.77. The molecule has 1 heterocycles. The largest absolute Gasteiger partial charge is 0.465 e. The zero-order chi connectivity index (χ0) is 12.3. The van der Waals surface area contributed by atoms with Crippen LogP contribution in [0.4, 0.5) is 0 Å². The van der Waals surface area contributed by atoms with Crippen LogP contribution >= 0.6 is 11.3 Å². The first-order chi connectivity index (χ1) is 8.18. The van der Waals surface area contributed by atoms with E-state index in [0.717, 1.165) is 10.8 Å². The highest BCUT2D eigenvalue weighted by atomic mass is 32.1. The summed E-state index contributed by atoms with van der Waals surface area (Å²) in [6.07, 6.45) is 3.95. The number of ether oxygens (including phenoxy) is 1. The van der Waals surface area contributed by atoms with E-state index >= 15 is 0 Å².